The minimum atomic E-state index is -0.286. The molecule has 1 aliphatic heterocycles. The third-order valence-corrected chi connectivity index (χ3v) is 4.53. The molecule has 2 aromatic rings. The molecule has 1 aliphatic rings. The Morgan fingerprint density at radius 3 is 2.88 bits per heavy atom. The molecule has 1 aromatic carbocycles. The fourth-order valence-electron chi connectivity index (χ4n) is 2.91. The number of halogens is 1. The fraction of sp³-hybridized carbons (Fsp3) is 0.389. The lowest BCUT2D eigenvalue weighted by Crippen LogP contribution is -2.35. The highest BCUT2D eigenvalue weighted by atomic mass is 35.5. The molecule has 1 amide bonds. The normalized spacial score (nSPS) is 17.6. The van der Waals surface area contributed by atoms with E-state index in [1.807, 2.05) is 13.0 Å². The smallest absolute Gasteiger partial charge is 0.275 e. The molecule has 0 radical (unpaired) electrons. The molecule has 126 valence electrons. The van der Waals surface area contributed by atoms with Crippen LogP contribution in [0.3, 0.4) is 0 Å². The molecule has 1 N–H and O–H groups in total. The number of nitrogens with one attached hydrogen (secondary N) is 1. The zero-order valence-corrected chi connectivity index (χ0v) is 14.7. The van der Waals surface area contributed by atoms with Crippen molar-refractivity contribution in [3.8, 4) is 0 Å². The van der Waals surface area contributed by atoms with Crippen LogP contribution in [0, 0.1) is 12.8 Å². The summed E-state index contributed by atoms with van der Waals surface area (Å²) in [7, 11) is 0. The summed E-state index contributed by atoms with van der Waals surface area (Å²) >= 11 is 5.98. The van der Waals surface area contributed by atoms with E-state index < -0.39 is 0 Å². The number of amides is 1. The van der Waals surface area contributed by atoms with E-state index in [-0.39, 0.29) is 5.91 Å². The number of hydrogen-bond acceptors (Lipinski definition) is 4. The van der Waals surface area contributed by atoms with Crippen LogP contribution >= 0.6 is 11.6 Å². The molecule has 6 heteroatoms. The molecule has 1 unspecified atom stereocenters. The highest BCUT2D eigenvalue weighted by Crippen LogP contribution is 2.22. The van der Waals surface area contributed by atoms with Gasteiger partial charge in [0, 0.05) is 23.8 Å². The Bertz CT molecular complexity index is 732. The van der Waals surface area contributed by atoms with Gasteiger partial charge in [0.05, 0.1) is 12.4 Å². The molecular weight excluding hydrogens is 324 g/mol. The average Bonchev–Trinajstić information content (AvgIpc) is 2.58. The van der Waals surface area contributed by atoms with Gasteiger partial charge in [-0.3, -0.25) is 4.79 Å². The van der Waals surface area contributed by atoms with Crippen LogP contribution in [-0.4, -0.2) is 29.0 Å². The second-order valence-electron chi connectivity index (χ2n) is 6.37. The van der Waals surface area contributed by atoms with E-state index in [9.17, 15) is 4.79 Å². The van der Waals surface area contributed by atoms with Crippen LogP contribution in [0.25, 0.3) is 0 Å². The number of benzene rings is 1. The lowest BCUT2D eigenvalue weighted by atomic mass is 10.0. The Kier molecular flexibility index (Phi) is 5.00. The first-order valence-electron chi connectivity index (χ1n) is 8.17. The molecule has 5 nitrogen and oxygen atoms in total. The minimum Gasteiger partial charge on any atom is -0.355 e. The van der Waals surface area contributed by atoms with Crippen LogP contribution in [0.2, 0.25) is 5.02 Å². The second kappa shape index (κ2) is 7.18. The Balaban J connectivity index is 1.70. The number of anilines is 2. The lowest BCUT2D eigenvalue weighted by molar-refractivity contribution is 0.102. The van der Waals surface area contributed by atoms with Gasteiger partial charge in [-0.15, -0.1) is 0 Å². The Labute approximate surface area is 147 Å². The van der Waals surface area contributed by atoms with Crippen LogP contribution in [0.4, 0.5) is 11.5 Å². The van der Waals surface area contributed by atoms with E-state index >= 15 is 0 Å². The van der Waals surface area contributed by atoms with E-state index in [0.29, 0.717) is 22.3 Å². The van der Waals surface area contributed by atoms with Gasteiger partial charge < -0.3 is 10.2 Å². The van der Waals surface area contributed by atoms with Gasteiger partial charge in [-0.1, -0.05) is 24.6 Å². The topological polar surface area (TPSA) is 58.1 Å². The van der Waals surface area contributed by atoms with Gasteiger partial charge in [0.25, 0.3) is 5.91 Å². The summed E-state index contributed by atoms with van der Waals surface area (Å²) in [6, 6.07) is 5.39. The van der Waals surface area contributed by atoms with E-state index in [4.69, 9.17) is 11.6 Å². The van der Waals surface area contributed by atoms with Gasteiger partial charge in [-0.25, -0.2) is 9.97 Å². The van der Waals surface area contributed by atoms with Gasteiger partial charge in [-0.2, -0.15) is 0 Å². The Hall–Kier alpha value is -2.14. The quantitative estimate of drug-likeness (QED) is 0.916. The highest BCUT2D eigenvalue weighted by Gasteiger charge is 2.18. The molecule has 2 heterocycles. The van der Waals surface area contributed by atoms with Crippen molar-refractivity contribution in [2.75, 3.05) is 23.3 Å². The maximum atomic E-state index is 12.3. The van der Waals surface area contributed by atoms with Crippen molar-refractivity contribution in [1.29, 1.82) is 0 Å². The molecule has 1 fully saturated rings. The number of rotatable bonds is 3. The number of carbonyl (C=O) groups is 1. The number of piperidine rings is 1. The van der Waals surface area contributed by atoms with Gasteiger partial charge in [0.1, 0.15) is 11.5 Å². The van der Waals surface area contributed by atoms with Gasteiger partial charge in [0.15, 0.2) is 0 Å². The highest BCUT2D eigenvalue weighted by molar-refractivity contribution is 6.31. The molecule has 0 spiro atoms. The van der Waals surface area contributed by atoms with Crippen LogP contribution in [-0.2, 0) is 0 Å². The summed E-state index contributed by atoms with van der Waals surface area (Å²) in [5.41, 5.74) is 1.92. The lowest BCUT2D eigenvalue weighted by Gasteiger charge is -2.31. The first-order chi connectivity index (χ1) is 11.5. The maximum Gasteiger partial charge on any atom is 0.275 e. The summed E-state index contributed by atoms with van der Waals surface area (Å²) in [5.74, 6) is 1.21. The predicted molar refractivity (Wildman–Crippen MR) is 96.8 cm³/mol. The average molecular weight is 345 g/mol. The number of carbonyl (C=O) groups excluding carboxylic acids is 1. The van der Waals surface area contributed by atoms with E-state index in [1.165, 1.54) is 19.0 Å². The van der Waals surface area contributed by atoms with Crippen molar-refractivity contribution >= 4 is 29.0 Å². The van der Waals surface area contributed by atoms with Crippen molar-refractivity contribution in [1.82, 2.24) is 9.97 Å². The molecule has 1 atom stereocenters. The summed E-state index contributed by atoms with van der Waals surface area (Å²) < 4.78 is 0. The van der Waals surface area contributed by atoms with Gasteiger partial charge in [0.2, 0.25) is 0 Å². The molecule has 1 saturated heterocycles. The molecule has 24 heavy (non-hydrogen) atoms. The van der Waals surface area contributed by atoms with E-state index in [2.05, 4.69) is 27.1 Å². The maximum absolute atomic E-state index is 12.3. The summed E-state index contributed by atoms with van der Waals surface area (Å²) in [4.78, 5) is 23.3. The number of hydrogen-bond donors (Lipinski definition) is 1. The number of nitrogens with zero attached hydrogens (tertiary/aromatic N) is 3. The van der Waals surface area contributed by atoms with Gasteiger partial charge in [-0.05, 0) is 43.4 Å². The summed E-state index contributed by atoms with van der Waals surface area (Å²) in [6.45, 7) is 6.14. The first-order valence-corrected chi connectivity index (χ1v) is 8.55. The van der Waals surface area contributed by atoms with Crippen LogP contribution in [0.1, 0.15) is 35.8 Å². The van der Waals surface area contributed by atoms with Crippen molar-refractivity contribution in [2.45, 2.75) is 26.7 Å². The monoisotopic (exact) mass is 344 g/mol. The Morgan fingerprint density at radius 1 is 1.33 bits per heavy atom. The van der Waals surface area contributed by atoms with Gasteiger partial charge >= 0.3 is 0 Å². The first kappa shape index (κ1) is 16.7. The SMILES string of the molecule is Cc1ccc(Cl)cc1NC(=O)c1cnc(N2CCCC(C)C2)cn1. The molecule has 0 saturated carbocycles. The number of aromatic nitrogens is 2. The fourth-order valence-corrected chi connectivity index (χ4v) is 3.09. The van der Waals surface area contributed by atoms with E-state index in [0.717, 1.165) is 24.5 Å². The Morgan fingerprint density at radius 2 is 2.17 bits per heavy atom. The van der Waals surface area contributed by atoms with Crippen molar-refractivity contribution < 1.29 is 4.79 Å². The van der Waals surface area contributed by atoms with Crippen molar-refractivity contribution in [3.05, 3.63) is 46.9 Å². The molecular formula is C18H21ClN4O. The zero-order chi connectivity index (χ0) is 17.1. The molecule has 1 aromatic heterocycles. The minimum absolute atomic E-state index is 0.286. The van der Waals surface area contributed by atoms with Crippen molar-refractivity contribution in [3.63, 3.8) is 0 Å². The van der Waals surface area contributed by atoms with Crippen LogP contribution < -0.4 is 10.2 Å². The molecule has 0 aliphatic carbocycles. The third-order valence-electron chi connectivity index (χ3n) is 4.30. The standard InChI is InChI=1S/C18H21ClN4O/c1-12-4-3-7-23(11-12)17-10-20-16(9-21-17)18(24)22-15-8-14(19)6-5-13(15)2/h5-6,8-10,12H,3-4,7,11H2,1-2H3,(H,22,24). The number of aryl methyl sites for hydroxylation is 1. The second-order valence-corrected chi connectivity index (χ2v) is 6.80. The summed E-state index contributed by atoms with van der Waals surface area (Å²) in [6.07, 6.45) is 5.63. The predicted octanol–water partition coefficient (Wildman–Crippen LogP) is 3.93. The van der Waals surface area contributed by atoms with Crippen LogP contribution in [0.5, 0.6) is 0 Å². The van der Waals surface area contributed by atoms with E-state index in [1.54, 1.807) is 18.3 Å². The molecule has 0 bridgehead atoms. The van der Waals surface area contributed by atoms with Crippen molar-refractivity contribution in [2.24, 2.45) is 5.92 Å². The third kappa shape index (κ3) is 3.85. The summed E-state index contributed by atoms with van der Waals surface area (Å²) in [5, 5.41) is 3.41. The van der Waals surface area contributed by atoms with Crippen LogP contribution in [0.15, 0.2) is 30.6 Å². The largest absolute Gasteiger partial charge is 0.355 e. The molecule has 3 rings (SSSR count). The zero-order valence-electron chi connectivity index (χ0n) is 13.9.